The number of hydrogen-bond donors (Lipinski definition) is 4. The summed E-state index contributed by atoms with van der Waals surface area (Å²) >= 11 is 0. The molecule has 1 aliphatic rings. The molecule has 12 nitrogen and oxygen atoms in total. The molecule has 1 rings (SSSR count). The van der Waals surface area contributed by atoms with E-state index in [2.05, 4.69) is 66.6 Å². The van der Waals surface area contributed by atoms with Gasteiger partial charge in [0.15, 0.2) is 6.29 Å². The van der Waals surface area contributed by atoms with Gasteiger partial charge in [0.25, 0.3) is 0 Å². The van der Waals surface area contributed by atoms with Crippen LogP contribution in [0.1, 0.15) is 181 Å². The van der Waals surface area contributed by atoms with Gasteiger partial charge in [-0.3, -0.25) is 9.35 Å². The summed E-state index contributed by atoms with van der Waals surface area (Å²) in [4.78, 5) is 12.9. The first-order valence-corrected chi connectivity index (χ1v) is 24.8. The fraction of sp³-hybridized carbons (Fsp3) is 0.809. The van der Waals surface area contributed by atoms with Gasteiger partial charge in [-0.1, -0.05) is 152 Å². The van der Waals surface area contributed by atoms with Gasteiger partial charge in [-0.05, 0) is 70.6 Å². The number of aliphatic hydroxyl groups is 3. The molecule has 0 spiro atoms. The van der Waals surface area contributed by atoms with Crippen molar-refractivity contribution in [1.29, 1.82) is 0 Å². The Kier molecular flexibility index (Phi) is 36.2. The molecule has 0 aliphatic carbocycles. The molecular weight excluding hydrogens is 789 g/mol. The number of carbonyl (C=O) groups excluding carboxylic acids is 1. The van der Waals surface area contributed by atoms with E-state index in [1.54, 1.807) is 0 Å². The van der Waals surface area contributed by atoms with Gasteiger partial charge in [0.2, 0.25) is 0 Å². The molecule has 0 saturated carbocycles. The minimum atomic E-state index is -5.07. The van der Waals surface area contributed by atoms with Crippen LogP contribution in [0, 0.1) is 0 Å². The van der Waals surface area contributed by atoms with E-state index in [0.29, 0.717) is 13.0 Å². The first-order valence-electron chi connectivity index (χ1n) is 23.4. The van der Waals surface area contributed by atoms with E-state index in [9.17, 15) is 28.5 Å². The maximum Gasteiger partial charge on any atom is 0.397 e. The molecule has 0 aromatic rings. The SMILES string of the molecule is CC/C=C\C/C=C\C/C=C\CCCCCCOCC(COC1OC(CO)C(O)C(OS(=O)(=O)O)C1O)OC(=O)CCCCCCCCCCC/C=C\CCCCCCCC. The van der Waals surface area contributed by atoms with Crippen LogP contribution in [0.4, 0.5) is 0 Å². The minimum Gasteiger partial charge on any atom is -0.457 e. The minimum absolute atomic E-state index is 0.0194. The van der Waals surface area contributed by atoms with Gasteiger partial charge in [-0.25, -0.2) is 4.18 Å². The van der Waals surface area contributed by atoms with Crippen molar-refractivity contribution < 1.29 is 56.2 Å². The predicted octanol–water partition coefficient (Wildman–Crippen LogP) is 9.97. The summed E-state index contributed by atoms with van der Waals surface area (Å²) in [6.07, 6.45) is 37.2. The summed E-state index contributed by atoms with van der Waals surface area (Å²) in [6, 6.07) is 0. The Morgan fingerprint density at radius 2 is 1.15 bits per heavy atom. The molecule has 6 unspecified atom stereocenters. The van der Waals surface area contributed by atoms with Crippen LogP contribution in [0.15, 0.2) is 48.6 Å². The van der Waals surface area contributed by atoms with Gasteiger partial charge in [0.1, 0.15) is 30.5 Å². The second-order valence-corrected chi connectivity index (χ2v) is 17.0. The van der Waals surface area contributed by atoms with Crippen LogP contribution < -0.4 is 0 Å². The molecule has 4 N–H and O–H groups in total. The second-order valence-electron chi connectivity index (χ2n) is 16.0. The molecular formula is C47H84O12S. The van der Waals surface area contributed by atoms with E-state index >= 15 is 0 Å². The van der Waals surface area contributed by atoms with E-state index < -0.39 is 59.8 Å². The van der Waals surface area contributed by atoms with Gasteiger partial charge < -0.3 is 34.3 Å². The highest BCUT2D eigenvalue weighted by molar-refractivity contribution is 7.80. The smallest absolute Gasteiger partial charge is 0.397 e. The highest BCUT2D eigenvalue weighted by Crippen LogP contribution is 2.26. The summed E-state index contributed by atoms with van der Waals surface area (Å²) in [5.74, 6) is -0.411. The Balaban J connectivity index is 2.41. The fourth-order valence-corrected chi connectivity index (χ4v) is 7.42. The molecule has 0 aromatic heterocycles. The molecule has 0 radical (unpaired) electrons. The zero-order chi connectivity index (χ0) is 43.9. The zero-order valence-corrected chi connectivity index (χ0v) is 38.1. The van der Waals surface area contributed by atoms with E-state index in [0.717, 1.165) is 70.6 Å². The highest BCUT2D eigenvalue weighted by Gasteiger charge is 2.48. The quantitative estimate of drug-likeness (QED) is 0.0199. The number of aliphatic hydroxyl groups excluding tert-OH is 3. The summed E-state index contributed by atoms with van der Waals surface area (Å²) in [5, 5.41) is 30.7. The van der Waals surface area contributed by atoms with Crippen molar-refractivity contribution in [3.05, 3.63) is 48.6 Å². The summed E-state index contributed by atoms with van der Waals surface area (Å²) in [7, 11) is -5.07. The van der Waals surface area contributed by atoms with Gasteiger partial charge in [0, 0.05) is 13.0 Å². The molecule has 1 heterocycles. The Morgan fingerprint density at radius 3 is 1.70 bits per heavy atom. The molecule has 0 aromatic carbocycles. The van der Waals surface area contributed by atoms with Crippen LogP contribution in [-0.4, -0.2) is 97.5 Å². The van der Waals surface area contributed by atoms with Crippen LogP contribution in [0.3, 0.4) is 0 Å². The number of allylic oxidation sites excluding steroid dienone is 8. The standard InChI is InChI=1S/C47H84O12S/c1-3-5-7-9-11-13-15-17-19-20-21-22-23-24-26-28-30-32-34-36-43(49)57-41(39-55-37-35-33-31-29-27-25-18-16-14-12-10-8-6-4-2)40-56-47-45(51)46(59-60(52,53)54)44(50)42(38-48)58-47/h6,8,12,14,17-19,25,41-42,44-48,50-51H,3-5,7,9-11,13,15-16,20-24,26-40H2,1-2H3,(H,52,53,54)/b8-6-,14-12-,19-17-,25-18-. The molecule has 1 saturated heterocycles. The van der Waals surface area contributed by atoms with Gasteiger partial charge >= 0.3 is 16.4 Å². The van der Waals surface area contributed by atoms with Crippen molar-refractivity contribution in [2.45, 2.75) is 218 Å². The summed E-state index contributed by atoms with van der Waals surface area (Å²) < 4.78 is 59.0. The lowest BCUT2D eigenvalue weighted by Crippen LogP contribution is -2.60. The van der Waals surface area contributed by atoms with Crippen molar-refractivity contribution >= 4 is 16.4 Å². The summed E-state index contributed by atoms with van der Waals surface area (Å²) in [5.41, 5.74) is 0. The highest BCUT2D eigenvalue weighted by atomic mass is 32.3. The second kappa shape index (κ2) is 38.7. The fourth-order valence-electron chi connectivity index (χ4n) is 6.92. The lowest BCUT2D eigenvalue weighted by molar-refractivity contribution is -0.301. The molecule has 6 atom stereocenters. The third kappa shape index (κ3) is 31.8. The number of unbranched alkanes of at least 4 members (excludes halogenated alkanes) is 19. The van der Waals surface area contributed by atoms with Crippen LogP contribution in [0.2, 0.25) is 0 Å². The Hall–Kier alpha value is -1.94. The number of hydrogen-bond acceptors (Lipinski definition) is 11. The van der Waals surface area contributed by atoms with Crippen molar-refractivity contribution in [3.63, 3.8) is 0 Å². The maximum absolute atomic E-state index is 12.9. The first kappa shape index (κ1) is 56.1. The number of rotatable bonds is 40. The number of ether oxygens (including phenoxy) is 4. The van der Waals surface area contributed by atoms with Crippen molar-refractivity contribution in [2.75, 3.05) is 26.4 Å². The lowest BCUT2D eigenvalue weighted by Gasteiger charge is -2.41. The molecule has 1 fully saturated rings. The van der Waals surface area contributed by atoms with E-state index in [-0.39, 0.29) is 19.6 Å². The average Bonchev–Trinajstić information content (AvgIpc) is 3.22. The summed E-state index contributed by atoms with van der Waals surface area (Å²) in [6.45, 7) is 3.82. The topological polar surface area (TPSA) is 178 Å². The van der Waals surface area contributed by atoms with Crippen LogP contribution in [0.25, 0.3) is 0 Å². The molecule has 13 heteroatoms. The molecule has 1 aliphatic heterocycles. The third-order valence-electron chi connectivity index (χ3n) is 10.4. The van der Waals surface area contributed by atoms with Gasteiger partial charge in [-0.15, -0.1) is 0 Å². The van der Waals surface area contributed by atoms with Crippen molar-refractivity contribution in [2.24, 2.45) is 0 Å². The average molecular weight is 873 g/mol. The Labute approximate surface area is 364 Å². The van der Waals surface area contributed by atoms with E-state index in [4.69, 9.17) is 23.5 Å². The number of carbonyl (C=O) groups is 1. The largest absolute Gasteiger partial charge is 0.457 e. The molecule has 0 bridgehead atoms. The van der Waals surface area contributed by atoms with Crippen LogP contribution in [0.5, 0.6) is 0 Å². The van der Waals surface area contributed by atoms with E-state index in [1.165, 1.54) is 83.5 Å². The van der Waals surface area contributed by atoms with Crippen LogP contribution >= 0.6 is 0 Å². The number of esters is 1. The molecule has 350 valence electrons. The molecule has 0 amide bonds. The lowest BCUT2D eigenvalue weighted by atomic mass is 9.99. The molecule has 60 heavy (non-hydrogen) atoms. The van der Waals surface area contributed by atoms with Crippen molar-refractivity contribution in [3.8, 4) is 0 Å². The van der Waals surface area contributed by atoms with Crippen molar-refractivity contribution in [1.82, 2.24) is 0 Å². The van der Waals surface area contributed by atoms with E-state index in [1.807, 2.05) is 0 Å². The predicted molar refractivity (Wildman–Crippen MR) is 239 cm³/mol. The Morgan fingerprint density at radius 1 is 0.650 bits per heavy atom. The third-order valence-corrected chi connectivity index (χ3v) is 10.9. The van der Waals surface area contributed by atoms with Gasteiger partial charge in [0.05, 0.1) is 19.8 Å². The Bertz CT molecular complexity index is 1240. The maximum atomic E-state index is 12.9. The zero-order valence-electron chi connectivity index (χ0n) is 37.3. The first-order chi connectivity index (χ1) is 29.1. The van der Waals surface area contributed by atoms with Crippen LogP contribution in [-0.2, 0) is 38.3 Å². The monoisotopic (exact) mass is 873 g/mol. The normalized spacial score (nSPS) is 20.7. The van der Waals surface area contributed by atoms with Gasteiger partial charge in [-0.2, -0.15) is 8.42 Å².